The minimum absolute atomic E-state index is 0.294. The third-order valence-corrected chi connectivity index (χ3v) is 4.32. The number of ether oxygens (including phenoxy) is 4. The van der Waals surface area contributed by atoms with Gasteiger partial charge in [-0.3, -0.25) is 0 Å². The number of hydrogen-bond donors (Lipinski definition) is 1. The quantitative estimate of drug-likeness (QED) is 0.380. The van der Waals surface area contributed by atoms with E-state index in [2.05, 4.69) is 16.8 Å². The molecule has 27 heavy (non-hydrogen) atoms. The van der Waals surface area contributed by atoms with Crippen molar-refractivity contribution in [2.45, 2.75) is 12.8 Å². The maximum Gasteiger partial charge on any atom is 0.338 e. The molecule has 0 saturated carbocycles. The van der Waals surface area contributed by atoms with Crippen LogP contribution in [-0.2, 0) is 4.74 Å². The van der Waals surface area contributed by atoms with Crippen molar-refractivity contribution in [3.63, 3.8) is 0 Å². The van der Waals surface area contributed by atoms with Gasteiger partial charge in [0.1, 0.15) is 6.61 Å². The Morgan fingerprint density at radius 1 is 1.22 bits per heavy atom. The third-order valence-electron chi connectivity index (χ3n) is 4.32. The molecule has 7 nitrogen and oxygen atoms in total. The van der Waals surface area contributed by atoms with Gasteiger partial charge in [0.15, 0.2) is 11.5 Å². The number of nitrogens with one attached hydrogen (secondary N) is 1. The lowest BCUT2D eigenvalue weighted by Gasteiger charge is -2.19. The molecule has 0 atom stereocenters. The van der Waals surface area contributed by atoms with Crippen LogP contribution in [0.5, 0.6) is 17.2 Å². The van der Waals surface area contributed by atoms with Crippen LogP contribution in [0.1, 0.15) is 23.2 Å². The Morgan fingerprint density at radius 2 is 2.04 bits per heavy atom. The molecule has 0 aliphatic carbocycles. The van der Waals surface area contributed by atoms with Gasteiger partial charge in [0.25, 0.3) is 0 Å². The molecule has 1 saturated heterocycles. The standard InChI is InChI=1S/C20H30N2O5/c1-4-12-26-18-15-16(14-17(24-2)19(18)25-3)20(23)27-13-6-10-22-9-5-7-21-8-11-22/h4,14-15,21H,1,5-13H2,2-3H3. The largest absolute Gasteiger partial charge is 0.493 e. The molecule has 0 bridgehead atoms. The van der Waals surface area contributed by atoms with Gasteiger partial charge in [-0.15, -0.1) is 0 Å². The summed E-state index contributed by atoms with van der Waals surface area (Å²) in [7, 11) is 3.04. The first-order valence-corrected chi connectivity index (χ1v) is 9.29. The molecule has 2 rings (SSSR count). The van der Waals surface area contributed by atoms with Gasteiger partial charge in [0, 0.05) is 19.6 Å². The summed E-state index contributed by atoms with van der Waals surface area (Å²) in [5, 5.41) is 3.38. The fraction of sp³-hybridized carbons (Fsp3) is 0.550. The molecule has 0 spiro atoms. The van der Waals surface area contributed by atoms with E-state index in [1.54, 1.807) is 18.2 Å². The summed E-state index contributed by atoms with van der Waals surface area (Å²) < 4.78 is 21.7. The van der Waals surface area contributed by atoms with Crippen LogP contribution in [-0.4, -0.2) is 71.0 Å². The molecule has 1 heterocycles. The highest BCUT2D eigenvalue weighted by Crippen LogP contribution is 2.38. The van der Waals surface area contributed by atoms with E-state index in [9.17, 15) is 4.79 Å². The summed E-state index contributed by atoms with van der Waals surface area (Å²) in [6.07, 6.45) is 3.58. The van der Waals surface area contributed by atoms with Crippen LogP contribution >= 0.6 is 0 Å². The van der Waals surface area contributed by atoms with Crippen LogP contribution in [0.15, 0.2) is 24.8 Å². The van der Waals surface area contributed by atoms with Crippen LogP contribution in [0.4, 0.5) is 0 Å². The van der Waals surface area contributed by atoms with Crippen molar-refractivity contribution < 1.29 is 23.7 Å². The number of hydrogen-bond acceptors (Lipinski definition) is 7. The second-order valence-electron chi connectivity index (χ2n) is 6.24. The normalized spacial score (nSPS) is 14.9. The van der Waals surface area contributed by atoms with Crippen molar-refractivity contribution in [1.29, 1.82) is 0 Å². The minimum atomic E-state index is -0.406. The van der Waals surface area contributed by atoms with Gasteiger partial charge in [0.05, 0.1) is 26.4 Å². The molecule has 1 aliphatic heterocycles. The molecule has 1 aromatic rings. The maximum absolute atomic E-state index is 12.4. The number of rotatable bonds is 10. The van der Waals surface area contributed by atoms with E-state index in [-0.39, 0.29) is 0 Å². The fourth-order valence-corrected chi connectivity index (χ4v) is 2.96. The number of nitrogens with zero attached hydrogens (tertiary/aromatic N) is 1. The number of carbonyl (C=O) groups is 1. The van der Waals surface area contributed by atoms with Crippen molar-refractivity contribution in [2.75, 3.05) is 60.2 Å². The first kappa shape index (κ1) is 21.1. The van der Waals surface area contributed by atoms with E-state index in [0.29, 0.717) is 36.0 Å². The van der Waals surface area contributed by atoms with Crippen LogP contribution in [0.25, 0.3) is 0 Å². The Bertz CT molecular complexity index is 613. The maximum atomic E-state index is 12.4. The molecule has 150 valence electrons. The average molecular weight is 378 g/mol. The zero-order chi connectivity index (χ0) is 19.5. The van der Waals surface area contributed by atoms with Crippen molar-refractivity contribution in [1.82, 2.24) is 10.2 Å². The van der Waals surface area contributed by atoms with Crippen molar-refractivity contribution in [2.24, 2.45) is 0 Å². The second kappa shape index (κ2) is 11.5. The summed E-state index contributed by atoms with van der Waals surface area (Å²) >= 11 is 0. The lowest BCUT2D eigenvalue weighted by Crippen LogP contribution is -2.29. The zero-order valence-corrected chi connectivity index (χ0v) is 16.3. The Labute approximate surface area is 161 Å². The highest BCUT2D eigenvalue weighted by Gasteiger charge is 2.18. The summed E-state index contributed by atoms with van der Waals surface area (Å²) in [4.78, 5) is 14.8. The van der Waals surface area contributed by atoms with Crippen molar-refractivity contribution in [3.05, 3.63) is 30.4 Å². The van der Waals surface area contributed by atoms with Crippen LogP contribution < -0.4 is 19.5 Å². The van der Waals surface area contributed by atoms with Crippen LogP contribution in [0.2, 0.25) is 0 Å². The Balaban J connectivity index is 1.93. The number of methoxy groups -OCH3 is 2. The van der Waals surface area contributed by atoms with E-state index >= 15 is 0 Å². The van der Waals surface area contributed by atoms with E-state index in [1.165, 1.54) is 14.2 Å². The predicted octanol–water partition coefficient (Wildman–Crippen LogP) is 2.11. The van der Waals surface area contributed by atoms with Gasteiger partial charge in [-0.2, -0.15) is 0 Å². The number of benzene rings is 1. The molecule has 0 unspecified atom stereocenters. The first-order valence-electron chi connectivity index (χ1n) is 9.29. The SMILES string of the molecule is C=CCOc1cc(C(=O)OCCCN2CCCNCC2)cc(OC)c1OC. The molecule has 7 heteroatoms. The summed E-state index contributed by atoms with van der Waals surface area (Å²) in [5.74, 6) is 0.867. The first-order chi connectivity index (χ1) is 13.2. The summed E-state index contributed by atoms with van der Waals surface area (Å²) in [5.41, 5.74) is 0.366. The van der Waals surface area contributed by atoms with Crippen molar-refractivity contribution in [3.8, 4) is 17.2 Å². The van der Waals surface area contributed by atoms with Crippen LogP contribution in [0, 0.1) is 0 Å². The topological polar surface area (TPSA) is 69.3 Å². The van der Waals surface area contributed by atoms with Gasteiger partial charge < -0.3 is 29.2 Å². The lowest BCUT2D eigenvalue weighted by molar-refractivity contribution is 0.0488. The second-order valence-corrected chi connectivity index (χ2v) is 6.24. The monoisotopic (exact) mass is 378 g/mol. The molecule has 0 aromatic heterocycles. The summed E-state index contributed by atoms with van der Waals surface area (Å²) in [6.45, 7) is 9.43. The molecular formula is C20H30N2O5. The van der Waals surface area contributed by atoms with Gasteiger partial charge in [0.2, 0.25) is 5.75 Å². The van der Waals surface area contributed by atoms with Crippen LogP contribution in [0.3, 0.4) is 0 Å². The Morgan fingerprint density at radius 3 is 2.78 bits per heavy atom. The smallest absolute Gasteiger partial charge is 0.338 e. The Kier molecular flexibility index (Phi) is 8.94. The molecule has 1 aromatic carbocycles. The van der Waals surface area contributed by atoms with E-state index in [1.807, 2.05) is 0 Å². The highest BCUT2D eigenvalue weighted by molar-refractivity contribution is 5.91. The van der Waals surface area contributed by atoms with Gasteiger partial charge in [-0.25, -0.2) is 4.79 Å². The third kappa shape index (κ3) is 6.45. The average Bonchev–Trinajstić information content (AvgIpc) is 2.97. The molecule has 0 amide bonds. The molecular weight excluding hydrogens is 348 g/mol. The fourth-order valence-electron chi connectivity index (χ4n) is 2.96. The molecule has 1 aliphatic rings. The lowest BCUT2D eigenvalue weighted by atomic mass is 10.2. The summed E-state index contributed by atoms with van der Waals surface area (Å²) in [6, 6.07) is 3.20. The zero-order valence-electron chi connectivity index (χ0n) is 16.3. The van der Waals surface area contributed by atoms with E-state index in [4.69, 9.17) is 18.9 Å². The van der Waals surface area contributed by atoms with Gasteiger partial charge in [-0.05, 0) is 38.1 Å². The van der Waals surface area contributed by atoms with Crippen molar-refractivity contribution >= 4 is 5.97 Å². The Hall–Kier alpha value is -2.25. The van der Waals surface area contributed by atoms with E-state index in [0.717, 1.165) is 45.6 Å². The van der Waals surface area contributed by atoms with E-state index < -0.39 is 5.97 Å². The highest BCUT2D eigenvalue weighted by atomic mass is 16.5. The molecule has 1 fully saturated rings. The molecule has 1 N–H and O–H groups in total. The predicted molar refractivity (Wildman–Crippen MR) is 104 cm³/mol. The minimum Gasteiger partial charge on any atom is -0.493 e. The van der Waals surface area contributed by atoms with Gasteiger partial charge >= 0.3 is 5.97 Å². The number of carbonyl (C=O) groups excluding carboxylic acids is 1. The molecule has 0 radical (unpaired) electrons. The van der Waals surface area contributed by atoms with Gasteiger partial charge in [-0.1, -0.05) is 12.7 Å². The number of esters is 1.